The lowest BCUT2D eigenvalue weighted by molar-refractivity contribution is 1.21. The van der Waals surface area contributed by atoms with Crippen LogP contribution in [0.3, 0.4) is 0 Å². The summed E-state index contributed by atoms with van der Waals surface area (Å²) in [6.45, 7) is 0. The van der Waals surface area contributed by atoms with Crippen LogP contribution in [-0.4, -0.2) is 4.57 Å². The van der Waals surface area contributed by atoms with Crippen LogP contribution in [0.1, 0.15) is 0 Å². The van der Waals surface area contributed by atoms with Crippen LogP contribution in [0.25, 0.3) is 92.5 Å². The minimum absolute atomic E-state index is 1.20. The van der Waals surface area contributed by atoms with E-state index in [4.69, 9.17) is 0 Å². The first-order valence-corrected chi connectivity index (χ1v) is 15.6. The Labute approximate surface area is 260 Å². The average molecular weight is 570 g/mol. The maximum absolute atomic E-state index is 2.53. The monoisotopic (exact) mass is 569 g/mol. The Hall–Kier alpha value is -5.92. The molecule has 0 unspecified atom stereocenters. The molecule has 208 valence electrons. The molecule has 0 saturated heterocycles. The molecule has 10 aromatic rings. The van der Waals surface area contributed by atoms with Gasteiger partial charge in [0.15, 0.2) is 0 Å². The smallest absolute Gasteiger partial charge is 0.0626 e. The fourth-order valence-corrected chi connectivity index (χ4v) is 7.87. The summed E-state index contributed by atoms with van der Waals surface area (Å²) in [6.07, 6.45) is 0. The van der Waals surface area contributed by atoms with E-state index < -0.39 is 0 Å². The van der Waals surface area contributed by atoms with Gasteiger partial charge in [0.25, 0.3) is 0 Å². The maximum atomic E-state index is 2.53. The van der Waals surface area contributed by atoms with Crippen molar-refractivity contribution in [1.29, 1.82) is 0 Å². The molecule has 0 radical (unpaired) electrons. The lowest BCUT2D eigenvalue weighted by Crippen LogP contribution is -1.97. The highest BCUT2D eigenvalue weighted by Gasteiger charge is 2.20. The summed E-state index contributed by atoms with van der Waals surface area (Å²) in [5, 5.41) is 15.4. The Morgan fingerprint density at radius 1 is 0.289 bits per heavy atom. The number of hydrogen-bond acceptors (Lipinski definition) is 0. The van der Waals surface area contributed by atoms with Crippen LogP contribution in [0.2, 0.25) is 0 Å². The summed E-state index contributed by atoms with van der Waals surface area (Å²) in [5.41, 5.74) is 6.21. The number of rotatable bonds is 2. The Kier molecular flexibility index (Phi) is 5.06. The zero-order valence-electron chi connectivity index (χ0n) is 24.5. The number of fused-ring (bicyclic) bond motifs is 12. The first-order chi connectivity index (χ1) is 22.4. The molecule has 0 aliphatic rings. The molecule has 0 atom stereocenters. The van der Waals surface area contributed by atoms with Gasteiger partial charge in [0, 0.05) is 21.5 Å². The number of aromatic nitrogens is 1. The van der Waals surface area contributed by atoms with Crippen LogP contribution in [0.15, 0.2) is 164 Å². The highest BCUT2D eigenvalue weighted by molar-refractivity contribution is 6.33. The maximum Gasteiger partial charge on any atom is 0.0626 e. The van der Waals surface area contributed by atoms with E-state index in [9.17, 15) is 0 Å². The molecule has 0 aliphatic carbocycles. The molecular weight excluding hydrogens is 542 g/mol. The summed E-state index contributed by atoms with van der Waals surface area (Å²) in [5.74, 6) is 0. The number of hydrogen-bond donors (Lipinski definition) is 0. The summed E-state index contributed by atoms with van der Waals surface area (Å²) in [7, 11) is 0. The van der Waals surface area contributed by atoms with Crippen molar-refractivity contribution in [2.45, 2.75) is 0 Å². The molecule has 9 aromatic carbocycles. The molecule has 10 rings (SSSR count). The Balaban J connectivity index is 1.40. The van der Waals surface area contributed by atoms with E-state index >= 15 is 0 Å². The fraction of sp³-hybridized carbons (Fsp3) is 0. The van der Waals surface area contributed by atoms with Crippen LogP contribution in [0.4, 0.5) is 0 Å². The van der Waals surface area contributed by atoms with E-state index in [1.54, 1.807) is 0 Å². The van der Waals surface area contributed by atoms with Gasteiger partial charge in [-0.3, -0.25) is 0 Å². The van der Waals surface area contributed by atoms with Crippen molar-refractivity contribution in [2.24, 2.45) is 0 Å². The summed E-state index contributed by atoms with van der Waals surface area (Å²) < 4.78 is 2.53. The zero-order chi connectivity index (χ0) is 29.5. The van der Waals surface area contributed by atoms with Gasteiger partial charge in [0.05, 0.1) is 16.7 Å². The third-order valence-electron chi connectivity index (χ3n) is 9.76. The second kappa shape index (κ2) is 9.29. The lowest BCUT2D eigenvalue weighted by Gasteiger charge is -2.17. The summed E-state index contributed by atoms with van der Waals surface area (Å²) in [6, 6.07) is 60.2. The van der Waals surface area contributed by atoms with Crippen LogP contribution in [0.5, 0.6) is 0 Å². The van der Waals surface area contributed by atoms with Crippen molar-refractivity contribution >= 4 is 75.7 Å². The Bertz CT molecular complexity index is 2780. The second-order valence-electron chi connectivity index (χ2n) is 12.0. The van der Waals surface area contributed by atoms with Crippen molar-refractivity contribution in [3.8, 4) is 16.8 Å². The van der Waals surface area contributed by atoms with E-state index in [1.807, 2.05) is 0 Å². The highest BCUT2D eigenvalue weighted by Crippen LogP contribution is 2.44. The first-order valence-electron chi connectivity index (χ1n) is 15.6. The molecular formula is C44H27N. The topological polar surface area (TPSA) is 4.93 Å². The van der Waals surface area contributed by atoms with E-state index in [2.05, 4.69) is 168 Å². The molecule has 1 aromatic heterocycles. The highest BCUT2D eigenvalue weighted by atomic mass is 15.0. The van der Waals surface area contributed by atoms with Crippen molar-refractivity contribution in [2.75, 3.05) is 0 Å². The molecule has 0 amide bonds. The summed E-state index contributed by atoms with van der Waals surface area (Å²) in [4.78, 5) is 0. The quantitative estimate of drug-likeness (QED) is 0.183. The zero-order valence-corrected chi connectivity index (χ0v) is 24.5. The predicted octanol–water partition coefficient (Wildman–Crippen LogP) is 12.2. The Morgan fingerprint density at radius 2 is 0.800 bits per heavy atom. The first kappa shape index (κ1) is 24.5. The van der Waals surface area contributed by atoms with Gasteiger partial charge < -0.3 is 4.57 Å². The van der Waals surface area contributed by atoms with E-state index in [1.165, 1.54) is 92.5 Å². The molecule has 0 fully saturated rings. The van der Waals surface area contributed by atoms with Crippen molar-refractivity contribution in [3.05, 3.63) is 164 Å². The molecule has 0 bridgehead atoms. The van der Waals surface area contributed by atoms with Crippen LogP contribution in [-0.2, 0) is 0 Å². The third-order valence-corrected chi connectivity index (χ3v) is 9.76. The predicted molar refractivity (Wildman–Crippen MR) is 194 cm³/mol. The number of para-hydroxylation sites is 1. The van der Waals surface area contributed by atoms with Crippen LogP contribution < -0.4 is 0 Å². The molecule has 1 nitrogen and oxygen atoms in total. The van der Waals surface area contributed by atoms with Gasteiger partial charge in [-0.25, -0.2) is 0 Å². The third kappa shape index (κ3) is 3.38. The minimum Gasteiger partial charge on any atom is -0.308 e. The van der Waals surface area contributed by atoms with Crippen molar-refractivity contribution in [3.63, 3.8) is 0 Å². The molecule has 0 aliphatic heterocycles. The van der Waals surface area contributed by atoms with Crippen LogP contribution >= 0.6 is 0 Å². The van der Waals surface area contributed by atoms with Gasteiger partial charge in [0.2, 0.25) is 0 Å². The van der Waals surface area contributed by atoms with Gasteiger partial charge in [-0.15, -0.1) is 0 Å². The standard InChI is InChI=1S/C44H27N/c1-2-14-29-28(12-1)13-11-22-30(29)35-26-27-42(36-19-7-5-16-32(35)36)45-41-23-10-9-20-37(41)40-25-24-39-34-18-4-3-15-31(34)33-17-6-8-21-38(33)43(39)44(40)45/h1-27H. The molecule has 0 spiro atoms. The average Bonchev–Trinajstić information content (AvgIpc) is 3.45. The number of benzene rings is 9. The lowest BCUT2D eigenvalue weighted by atomic mass is 9.92. The SMILES string of the molecule is c1ccc2c(-c3ccc(-n4c5ccccc5c5ccc6c7ccccc7c7ccccc7c6c54)c4ccccc34)cccc2c1. The molecule has 1 heteroatoms. The number of nitrogens with zero attached hydrogens (tertiary/aromatic N) is 1. The molecule has 1 heterocycles. The van der Waals surface area contributed by atoms with E-state index in [0.29, 0.717) is 0 Å². The van der Waals surface area contributed by atoms with Crippen molar-refractivity contribution < 1.29 is 0 Å². The Morgan fingerprint density at radius 3 is 1.58 bits per heavy atom. The molecule has 45 heavy (non-hydrogen) atoms. The normalized spacial score (nSPS) is 12.0. The van der Waals surface area contributed by atoms with Crippen molar-refractivity contribution in [1.82, 2.24) is 4.57 Å². The van der Waals surface area contributed by atoms with Crippen LogP contribution in [0, 0.1) is 0 Å². The van der Waals surface area contributed by atoms with E-state index in [0.717, 1.165) is 0 Å². The molecule has 0 saturated carbocycles. The summed E-state index contributed by atoms with van der Waals surface area (Å²) >= 11 is 0. The molecule has 0 N–H and O–H groups in total. The van der Waals surface area contributed by atoms with Gasteiger partial charge >= 0.3 is 0 Å². The van der Waals surface area contributed by atoms with Gasteiger partial charge in [-0.1, -0.05) is 152 Å². The van der Waals surface area contributed by atoms with Gasteiger partial charge in [-0.05, 0) is 66.3 Å². The minimum atomic E-state index is 1.20. The van der Waals surface area contributed by atoms with Gasteiger partial charge in [0.1, 0.15) is 0 Å². The largest absolute Gasteiger partial charge is 0.308 e. The second-order valence-corrected chi connectivity index (χ2v) is 12.0. The van der Waals surface area contributed by atoms with E-state index in [-0.39, 0.29) is 0 Å². The van der Waals surface area contributed by atoms with Gasteiger partial charge in [-0.2, -0.15) is 0 Å². The fourth-order valence-electron chi connectivity index (χ4n) is 7.87.